The number of aromatic nitrogens is 1. The van der Waals surface area contributed by atoms with Crippen LogP contribution in [0.5, 0.6) is 0 Å². The number of nitrogens with zero attached hydrogens (tertiary/aromatic N) is 1. The van der Waals surface area contributed by atoms with E-state index in [2.05, 4.69) is 74.5 Å². The molecule has 0 spiro atoms. The third kappa shape index (κ3) is 2.51. The van der Waals surface area contributed by atoms with Gasteiger partial charge in [0.15, 0.2) is 0 Å². The van der Waals surface area contributed by atoms with Gasteiger partial charge in [-0.05, 0) is 36.4 Å². The Morgan fingerprint density at radius 2 is 1.80 bits per heavy atom. The van der Waals surface area contributed by atoms with Crippen LogP contribution in [0, 0.1) is 0 Å². The first-order valence-corrected chi connectivity index (χ1v) is 7.53. The Kier molecular flexibility index (Phi) is 3.90. The molecule has 0 aliphatic heterocycles. The molecule has 0 atom stereocenters. The molecule has 0 aliphatic carbocycles. The predicted octanol–water partition coefficient (Wildman–Crippen LogP) is 4.17. The Hall–Kier alpha value is -1.58. The number of nitrogens with one attached hydrogen (secondary N) is 1. The highest BCUT2D eigenvalue weighted by Gasteiger charge is 2.06. The van der Waals surface area contributed by atoms with Crippen molar-refractivity contribution in [1.29, 1.82) is 0 Å². The fourth-order valence-electron chi connectivity index (χ4n) is 2.58. The van der Waals surface area contributed by atoms with Gasteiger partial charge in [-0.15, -0.1) is 0 Å². The van der Waals surface area contributed by atoms with Crippen molar-refractivity contribution in [2.45, 2.75) is 13.1 Å². The predicted molar refractivity (Wildman–Crippen MR) is 87.9 cm³/mol. The Bertz CT molecular complexity index is 731. The van der Waals surface area contributed by atoms with Crippen molar-refractivity contribution in [1.82, 2.24) is 9.88 Å². The standard InChI is InChI=1S/C17H17BrN2/c1-19-11-13-6-4-8-17-15(13)9-10-20(17)12-14-5-2-3-7-16(14)18/h2-10,19H,11-12H2,1H3. The van der Waals surface area contributed by atoms with Crippen molar-refractivity contribution < 1.29 is 0 Å². The van der Waals surface area contributed by atoms with Crippen molar-refractivity contribution in [2.24, 2.45) is 0 Å². The Morgan fingerprint density at radius 3 is 2.60 bits per heavy atom. The van der Waals surface area contributed by atoms with Crippen molar-refractivity contribution in [3.63, 3.8) is 0 Å². The molecule has 0 amide bonds. The van der Waals surface area contributed by atoms with E-state index < -0.39 is 0 Å². The molecule has 102 valence electrons. The lowest BCUT2D eigenvalue weighted by atomic mass is 10.1. The van der Waals surface area contributed by atoms with Crippen LogP contribution in [0.15, 0.2) is 59.2 Å². The minimum absolute atomic E-state index is 0.883. The highest BCUT2D eigenvalue weighted by Crippen LogP contribution is 2.23. The molecule has 3 aromatic rings. The highest BCUT2D eigenvalue weighted by molar-refractivity contribution is 9.10. The lowest BCUT2D eigenvalue weighted by Gasteiger charge is -2.09. The fraction of sp³-hybridized carbons (Fsp3) is 0.176. The van der Waals surface area contributed by atoms with Crippen LogP contribution in [0.3, 0.4) is 0 Å². The van der Waals surface area contributed by atoms with Gasteiger partial charge in [0, 0.05) is 34.7 Å². The molecule has 2 nitrogen and oxygen atoms in total. The summed E-state index contributed by atoms with van der Waals surface area (Å²) in [5, 5.41) is 4.56. The first-order valence-electron chi connectivity index (χ1n) is 6.74. The normalized spacial score (nSPS) is 11.1. The van der Waals surface area contributed by atoms with Gasteiger partial charge in [0.25, 0.3) is 0 Å². The Morgan fingerprint density at radius 1 is 1.00 bits per heavy atom. The van der Waals surface area contributed by atoms with E-state index in [1.165, 1.54) is 22.0 Å². The lowest BCUT2D eigenvalue weighted by molar-refractivity contribution is 0.820. The maximum atomic E-state index is 3.62. The molecule has 20 heavy (non-hydrogen) atoms. The number of benzene rings is 2. The van der Waals surface area contributed by atoms with Crippen molar-refractivity contribution in [2.75, 3.05) is 7.05 Å². The largest absolute Gasteiger partial charge is 0.343 e. The minimum Gasteiger partial charge on any atom is -0.343 e. The van der Waals surface area contributed by atoms with E-state index in [1.807, 2.05) is 13.1 Å². The van der Waals surface area contributed by atoms with Gasteiger partial charge >= 0.3 is 0 Å². The molecular formula is C17H17BrN2. The van der Waals surface area contributed by atoms with Crippen molar-refractivity contribution in [3.8, 4) is 0 Å². The third-order valence-corrected chi connectivity index (χ3v) is 4.34. The topological polar surface area (TPSA) is 17.0 Å². The van der Waals surface area contributed by atoms with E-state index in [0.717, 1.165) is 17.6 Å². The summed E-state index contributed by atoms with van der Waals surface area (Å²) in [5.41, 5.74) is 3.92. The Balaban J connectivity index is 2.01. The molecule has 1 N–H and O–H groups in total. The van der Waals surface area contributed by atoms with Crippen molar-refractivity contribution in [3.05, 3.63) is 70.3 Å². The van der Waals surface area contributed by atoms with E-state index in [0.29, 0.717) is 0 Å². The van der Waals surface area contributed by atoms with Gasteiger partial charge in [0.2, 0.25) is 0 Å². The molecule has 1 aromatic heterocycles. The molecule has 3 rings (SSSR count). The lowest BCUT2D eigenvalue weighted by Crippen LogP contribution is -2.05. The van der Waals surface area contributed by atoms with E-state index in [9.17, 15) is 0 Å². The summed E-state index contributed by atoms with van der Waals surface area (Å²) < 4.78 is 3.46. The van der Waals surface area contributed by atoms with Gasteiger partial charge in [-0.3, -0.25) is 0 Å². The third-order valence-electron chi connectivity index (χ3n) is 3.57. The molecule has 0 fully saturated rings. The van der Waals surface area contributed by atoms with Crippen molar-refractivity contribution >= 4 is 26.8 Å². The summed E-state index contributed by atoms with van der Waals surface area (Å²) in [6, 6.07) is 17.1. The van der Waals surface area contributed by atoms with Crippen LogP contribution in [0.2, 0.25) is 0 Å². The van der Waals surface area contributed by atoms with Gasteiger partial charge in [-0.25, -0.2) is 0 Å². The zero-order valence-corrected chi connectivity index (χ0v) is 13.0. The maximum Gasteiger partial charge on any atom is 0.0487 e. The molecule has 0 unspecified atom stereocenters. The van der Waals surface area contributed by atoms with Gasteiger partial charge in [-0.2, -0.15) is 0 Å². The summed E-state index contributed by atoms with van der Waals surface area (Å²) in [6.07, 6.45) is 2.17. The smallest absolute Gasteiger partial charge is 0.0487 e. The molecular weight excluding hydrogens is 312 g/mol. The maximum absolute atomic E-state index is 3.62. The molecule has 0 radical (unpaired) electrons. The van der Waals surface area contributed by atoms with E-state index >= 15 is 0 Å². The van der Waals surface area contributed by atoms with E-state index in [-0.39, 0.29) is 0 Å². The first kappa shape index (κ1) is 13.4. The van der Waals surface area contributed by atoms with Gasteiger partial charge in [-0.1, -0.05) is 46.3 Å². The molecule has 0 aliphatic rings. The van der Waals surface area contributed by atoms with Gasteiger partial charge < -0.3 is 9.88 Å². The quantitative estimate of drug-likeness (QED) is 0.760. The summed E-state index contributed by atoms with van der Waals surface area (Å²) in [6.45, 7) is 1.78. The second-order valence-corrected chi connectivity index (χ2v) is 5.77. The molecule has 0 saturated heterocycles. The zero-order valence-electron chi connectivity index (χ0n) is 11.4. The number of rotatable bonds is 4. The average Bonchev–Trinajstić information content (AvgIpc) is 2.86. The van der Waals surface area contributed by atoms with Crippen LogP contribution in [0.25, 0.3) is 10.9 Å². The minimum atomic E-state index is 0.883. The van der Waals surface area contributed by atoms with Crippen LogP contribution in [-0.2, 0) is 13.1 Å². The monoisotopic (exact) mass is 328 g/mol. The Labute approximate surface area is 127 Å². The van der Waals surface area contributed by atoms with Crippen LogP contribution in [-0.4, -0.2) is 11.6 Å². The van der Waals surface area contributed by atoms with Gasteiger partial charge in [0.1, 0.15) is 0 Å². The second kappa shape index (κ2) is 5.81. The fourth-order valence-corrected chi connectivity index (χ4v) is 2.99. The average molecular weight is 329 g/mol. The number of fused-ring (bicyclic) bond motifs is 1. The van der Waals surface area contributed by atoms with E-state index in [1.54, 1.807) is 0 Å². The number of halogens is 1. The van der Waals surface area contributed by atoms with E-state index in [4.69, 9.17) is 0 Å². The molecule has 0 bridgehead atoms. The van der Waals surface area contributed by atoms with Crippen LogP contribution < -0.4 is 5.32 Å². The molecule has 0 saturated carbocycles. The summed E-state index contributed by atoms with van der Waals surface area (Å²) in [7, 11) is 1.98. The first-order chi connectivity index (χ1) is 9.79. The van der Waals surface area contributed by atoms with Gasteiger partial charge in [0.05, 0.1) is 0 Å². The molecule has 2 aromatic carbocycles. The summed E-state index contributed by atoms with van der Waals surface area (Å²) in [4.78, 5) is 0. The summed E-state index contributed by atoms with van der Waals surface area (Å²) >= 11 is 3.62. The van der Waals surface area contributed by atoms with Crippen LogP contribution >= 0.6 is 15.9 Å². The van der Waals surface area contributed by atoms with Crippen LogP contribution in [0.1, 0.15) is 11.1 Å². The highest BCUT2D eigenvalue weighted by atomic mass is 79.9. The summed E-state index contributed by atoms with van der Waals surface area (Å²) in [5.74, 6) is 0. The molecule has 1 heterocycles. The SMILES string of the molecule is CNCc1cccc2c1ccn2Cc1ccccc1Br. The molecule has 3 heteroatoms. The number of hydrogen-bond acceptors (Lipinski definition) is 1. The second-order valence-electron chi connectivity index (χ2n) is 4.92. The van der Waals surface area contributed by atoms with Crippen LogP contribution in [0.4, 0.5) is 0 Å². The number of hydrogen-bond donors (Lipinski definition) is 1. The zero-order chi connectivity index (χ0) is 13.9.